The van der Waals surface area contributed by atoms with Crippen LogP contribution < -0.4 is 5.32 Å². The number of sulfone groups is 1. The van der Waals surface area contributed by atoms with E-state index >= 15 is 0 Å². The third kappa shape index (κ3) is 3.07. The maximum atomic E-state index is 11.8. The fourth-order valence-corrected chi connectivity index (χ4v) is 2.58. The van der Waals surface area contributed by atoms with Crippen molar-refractivity contribution in [3.8, 4) is 0 Å². The van der Waals surface area contributed by atoms with Gasteiger partial charge in [-0.15, -0.1) is 0 Å². The maximum Gasteiger partial charge on any atom is 0.335 e. The molecule has 0 aliphatic heterocycles. The van der Waals surface area contributed by atoms with Gasteiger partial charge in [-0.25, -0.2) is 13.2 Å². The second-order valence-electron chi connectivity index (χ2n) is 3.71. The highest BCUT2D eigenvalue weighted by Crippen LogP contribution is 2.17. The molecule has 98 valence electrons. The highest BCUT2D eigenvalue weighted by atomic mass is 32.2. The number of rotatable bonds is 4. The Bertz CT molecular complexity index is 591. The summed E-state index contributed by atoms with van der Waals surface area (Å²) in [6.07, 6.45) is 0. The molecule has 0 saturated carbocycles. The second kappa shape index (κ2) is 5.18. The third-order valence-corrected chi connectivity index (χ3v) is 4.01. The van der Waals surface area contributed by atoms with Gasteiger partial charge in [0.1, 0.15) is 5.75 Å². The lowest BCUT2D eigenvalue weighted by atomic mass is 10.1. The number of carboxylic acid groups (broad SMARTS) is 1. The molecule has 1 rings (SSSR count). The van der Waals surface area contributed by atoms with Crippen molar-refractivity contribution in [1.82, 2.24) is 5.32 Å². The molecule has 0 aromatic heterocycles. The van der Waals surface area contributed by atoms with Gasteiger partial charge in [-0.2, -0.15) is 0 Å². The van der Waals surface area contributed by atoms with Gasteiger partial charge in [-0.05, 0) is 24.6 Å². The summed E-state index contributed by atoms with van der Waals surface area (Å²) in [7, 11) is -2.49. The van der Waals surface area contributed by atoms with Crippen molar-refractivity contribution in [2.45, 2.75) is 11.8 Å². The number of carbonyl (C=O) groups excluding carboxylic acids is 1. The summed E-state index contributed by atoms with van der Waals surface area (Å²) in [4.78, 5) is 21.8. The molecule has 0 spiro atoms. The van der Waals surface area contributed by atoms with E-state index in [9.17, 15) is 18.0 Å². The fourth-order valence-electron chi connectivity index (χ4n) is 1.35. The minimum atomic E-state index is -3.82. The van der Waals surface area contributed by atoms with E-state index in [-0.39, 0.29) is 10.5 Å². The molecule has 0 fully saturated rings. The predicted octanol–water partition coefficient (Wildman–Crippen LogP) is 0.213. The van der Waals surface area contributed by atoms with Crippen LogP contribution in [-0.4, -0.2) is 38.2 Å². The Morgan fingerprint density at radius 3 is 2.44 bits per heavy atom. The number of hydrogen-bond donors (Lipinski definition) is 2. The smallest absolute Gasteiger partial charge is 0.335 e. The normalized spacial score (nSPS) is 11.0. The summed E-state index contributed by atoms with van der Waals surface area (Å²) in [5.74, 6) is -2.55. The summed E-state index contributed by atoms with van der Waals surface area (Å²) < 4.78 is 23.7. The lowest BCUT2D eigenvalue weighted by Crippen LogP contribution is -2.27. The number of benzene rings is 1. The Kier molecular flexibility index (Phi) is 4.07. The molecule has 0 heterocycles. The number of aromatic carboxylic acids is 1. The van der Waals surface area contributed by atoms with Gasteiger partial charge in [0.05, 0.1) is 10.5 Å². The van der Waals surface area contributed by atoms with Gasteiger partial charge in [-0.3, -0.25) is 4.79 Å². The van der Waals surface area contributed by atoms with Gasteiger partial charge in [-0.1, -0.05) is 6.07 Å². The van der Waals surface area contributed by atoms with Crippen LogP contribution in [0.1, 0.15) is 15.9 Å². The van der Waals surface area contributed by atoms with E-state index in [2.05, 4.69) is 5.32 Å². The van der Waals surface area contributed by atoms with Crippen molar-refractivity contribution in [1.29, 1.82) is 0 Å². The fraction of sp³-hybridized carbons (Fsp3) is 0.273. The zero-order valence-electron chi connectivity index (χ0n) is 9.93. The molecule has 1 aromatic rings. The molecule has 0 aliphatic carbocycles. The number of aryl methyl sites for hydroxylation is 1. The van der Waals surface area contributed by atoms with Crippen LogP contribution in [0.4, 0.5) is 0 Å². The zero-order valence-corrected chi connectivity index (χ0v) is 10.7. The van der Waals surface area contributed by atoms with Gasteiger partial charge in [0.2, 0.25) is 5.91 Å². The lowest BCUT2D eigenvalue weighted by molar-refractivity contribution is -0.118. The molecular formula is C11H13NO5S. The van der Waals surface area contributed by atoms with E-state index in [1.165, 1.54) is 19.2 Å². The lowest BCUT2D eigenvalue weighted by Gasteiger charge is -2.06. The summed E-state index contributed by atoms with van der Waals surface area (Å²) >= 11 is 0. The van der Waals surface area contributed by atoms with Crippen LogP contribution in [0.15, 0.2) is 23.1 Å². The van der Waals surface area contributed by atoms with E-state index in [4.69, 9.17) is 5.11 Å². The highest BCUT2D eigenvalue weighted by Gasteiger charge is 2.20. The first-order valence-corrected chi connectivity index (χ1v) is 6.70. The van der Waals surface area contributed by atoms with Crippen LogP contribution in [0.25, 0.3) is 0 Å². The SMILES string of the molecule is CNC(=O)CS(=O)(=O)c1ccc(C)c(C(=O)O)c1. The Hall–Kier alpha value is -1.89. The Balaban J connectivity index is 3.22. The minimum Gasteiger partial charge on any atom is -0.478 e. The van der Waals surface area contributed by atoms with Gasteiger partial charge in [0.15, 0.2) is 9.84 Å². The molecule has 18 heavy (non-hydrogen) atoms. The third-order valence-electron chi connectivity index (χ3n) is 2.40. The number of carbonyl (C=O) groups is 2. The van der Waals surface area contributed by atoms with E-state index in [1.807, 2.05) is 0 Å². The van der Waals surface area contributed by atoms with Crippen LogP contribution in [0.2, 0.25) is 0 Å². The van der Waals surface area contributed by atoms with Gasteiger partial charge >= 0.3 is 5.97 Å². The molecule has 2 N–H and O–H groups in total. The number of hydrogen-bond acceptors (Lipinski definition) is 4. The summed E-state index contributed by atoms with van der Waals surface area (Å²) in [6.45, 7) is 1.57. The van der Waals surface area contributed by atoms with Crippen molar-refractivity contribution >= 4 is 21.7 Å². The van der Waals surface area contributed by atoms with Crippen LogP contribution in [-0.2, 0) is 14.6 Å². The quantitative estimate of drug-likeness (QED) is 0.815. The molecule has 0 radical (unpaired) electrons. The molecule has 0 unspecified atom stereocenters. The standard InChI is InChI=1S/C11H13NO5S/c1-7-3-4-8(5-9(7)11(14)15)18(16,17)6-10(13)12-2/h3-5H,6H2,1-2H3,(H,12,13)(H,14,15). The first kappa shape index (κ1) is 14.2. The molecule has 6 nitrogen and oxygen atoms in total. The summed E-state index contributed by atoms with van der Waals surface area (Å²) in [5, 5.41) is 11.1. The molecule has 0 bridgehead atoms. The van der Waals surface area contributed by atoms with E-state index < -0.39 is 27.5 Å². The van der Waals surface area contributed by atoms with E-state index in [1.54, 1.807) is 6.92 Å². The van der Waals surface area contributed by atoms with Gasteiger partial charge in [0, 0.05) is 7.05 Å². The van der Waals surface area contributed by atoms with E-state index in [0.29, 0.717) is 5.56 Å². The molecule has 7 heteroatoms. The second-order valence-corrected chi connectivity index (χ2v) is 5.70. The number of nitrogens with one attached hydrogen (secondary N) is 1. The Labute approximate surface area is 105 Å². The maximum absolute atomic E-state index is 11.8. The van der Waals surface area contributed by atoms with Crippen molar-refractivity contribution in [3.05, 3.63) is 29.3 Å². The molecule has 0 atom stereocenters. The Morgan fingerprint density at radius 1 is 1.33 bits per heavy atom. The van der Waals surface area contributed by atoms with Crippen molar-refractivity contribution < 1.29 is 23.1 Å². The molecular weight excluding hydrogens is 258 g/mol. The monoisotopic (exact) mass is 271 g/mol. The van der Waals surface area contributed by atoms with Gasteiger partial charge in [0.25, 0.3) is 0 Å². The molecule has 1 aromatic carbocycles. The molecule has 0 saturated heterocycles. The van der Waals surface area contributed by atoms with Crippen LogP contribution >= 0.6 is 0 Å². The zero-order chi connectivity index (χ0) is 13.9. The van der Waals surface area contributed by atoms with Crippen LogP contribution in [0, 0.1) is 6.92 Å². The average molecular weight is 271 g/mol. The van der Waals surface area contributed by atoms with E-state index in [0.717, 1.165) is 6.07 Å². The van der Waals surface area contributed by atoms with Crippen molar-refractivity contribution in [2.24, 2.45) is 0 Å². The number of amides is 1. The highest BCUT2D eigenvalue weighted by molar-refractivity contribution is 7.92. The largest absolute Gasteiger partial charge is 0.478 e. The summed E-state index contributed by atoms with van der Waals surface area (Å²) in [5.41, 5.74) is 0.370. The predicted molar refractivity (Wildman–Crippen MR) is 64.3 cm³/mol. The first-order valence-electron chi connectivity index (χ1n) is 5.05. The van der Waals surface area contributed by atoms with Crippen molar-refractivity contribution in [3.63, 3.8) is 0 Å². The van der Waals surface area contributed by atoms with Crippen LogP contribution in [0.5, 0.6) is 0 Å². The number of carboxylic acids is 1. The van der Waals surface area contributed by atoms with Gasteiger partial charge < -0.3 is 10.4 Å². The Morgan fingerprint density at radius 2 is 1.94 bits per heavy atom. The van der Waals surface area contributed by atoms with Crippen LogP contribution in [0.3, 0.4) is 0 Å². The average Bonchev–Trinajstić information content (AvgIpc) is 2.28. The minimum absolute atomic E-state index is 0.0898. The van der Waals surface area contributed by atoms with Crippen molar-refractivity contribution in [2.75, 3.05) is 12.8 Å². The first-order chi connectivity index (χ1) is 8.27. The topological polar surface area (TPSA) is 101 Å². The summed E-state index contributed by atoms with van der Waals surface area (Å²) in [6, 6.07) is 3.76. The molecule has 0 aliphatic rings. The molecule has 1 amide bonds.